The second-order valence-electron chi connectivity index (χ2n) is 7.94. The van der Waals surface area contributed by atoms with E-state index in [1.54, 1.807) is 29.2 Å². The van der Waals surface area contributed by atoms with Gasteiger partial charge in [0.1, 0.15) is 0 Å². The normalized spacial score (nSPS) is 21.2. The number of likely N-dealkylation sites (tertiary alicyclic amines) is 2. The van der Waals surface area contributed by atoms with Crippen LogP contribution in [-0.2, 0) is 9.59 Å². The van der Waals surface area contributed by atoms with Gasteiger partial charge in [0.2, 0.25) is 12.1 Å². The van der Waals surface area contributed by atoms with Crippen molar-refractivity contribution in [1.82, 2.24) is 9.80 Å². The van der Waals surface area contributed by atoms with E-state index in [0.717, 1.165) is 25.9 Å². The number of rotatable bonds is 4. The summed E-state index contributed by atoms with van der Waals surface area (Å²) in [4.78, 5) is 28.3. The monoisotopic (exact) mass is 346 g/mol. The molecule has 25 heavy (non-hydrogen) atoms. The van der Waals surface area contributed by atoms with E-state index in [-0.39, 0.29) is 11.3 Å². The second kappa shape index (κ2) is 7.14. The molecule has 2 fully saturated rings. The Hall–Kier alpha value is -1.91. The number of nitrogens with zero attached hydrogens (tertiary/aromatic N) is 2. The summed E-state index contributed by atoms with van der Waals surface area (Å²) in [5, 5.41) is 0. The summed E-state index contributed by atoms with van der Waals surface area (Å²) in [6, 6.07) is 8.59. The molecule has 136 valence electrons. The van der Waals surface area contributed by atoms with Crippen molar-refractivity contribution in [2.24, 2.45) is 11.3 Å². The fraction of sp³-hybridized carbons (Fsp3) is 0.600. The van der Waals surface area contributed by atoms with Gasteiger partial charge in [0.15, 0.2) is 0 Å². The van der Waals surface area contributed by atoms with Gasteiger partial charge in [0.25, 0.3) is 5.91 Å². The van der Waals surface area contributed by atoms with Crippen LogP contribution in [0.1, 0.15) is 44.8 Å². The maximum absolute atomic E-state index is 14.5. The van der Waals surface area contributed by atoms with E-state index in [4.69, 9.17) is 0 Å². The highest BCUT2D eigenvalue weighted by Gasteiger charge is 2.45. The zero-order valence-corrected chi connectivity index (χ0v) is 15.1. The molecule has 2 aliphatic rings. The Morgan fingerprint density at radius 3 is 2.44 bits per heavy atom. The average Bonchev–Trinajstić information content (AvgIpc) is 2.89. The third-order valence-corrected chi connectivity index (χ3v) is 5.44. The highest BCUT2D eigenvalue weighted by atomic mass is 19.1. The number of carbonyl (C=O) groups excluding carboxylic acids is 2. The number of benzene rings is 1. The van der Waals surface area contributed by atoms with Gasteiger partial charge in [-0.1, -0.05) is 44.2 Å². The van der Waals surface area contributed by atoms with Crippen LogP contribution in [0.2, 0.25) is 0 Å². The summed E-state index contributed by atoms with van der Waals surface area (Å²) in [7, 11) is 0. The van der Waals surface area contributed by atoms with E-state index in [9.17, 15) is 14.0 Å². The lowest BCUT2D eigenvalue weighted by molar-refractivity contribution is -0.139. The molecule has 0 aliphatic carbocycles. The SMILES string of the molecule is CC(C)CN1CC2(CCN(C(=O)[C@H](F)c3ccccc3)CC2)CC1=O. The number of amides is 2. The van der Waals surface area contributed by atoms with Crippen LogP contribution in [0.4, 0.5) is 4.39 Å². The lowest BCUT2D eigenvalue weighted by Crippen LogP contribution is -2.45. The summed E-state index contributed by atoms with van der Waals surface area (Å²) >= 11 is 0. The molecule has 0 saturated carbocycles. The largest absolute Gasteiger partial charge is 0.342 e. The molecule has 1 aromatic carbocycles. The summed E-state index contributed by atoms with van der Waals surface area (Å²) in [5.41, 5.74) is 0.383. The first kappa shape index (κ1) is 17.9. The van der Waals surface area contributed by atoms with Gasteiger partial charge in [-0.3, -0.25) is 9.59 Å². The molecule has 0 bridgehead atoms. The van der Waals surface area contributed by atoms with Crippen LogP contribution in [0.25, 0.3) is 0 Å². The predicted molar refractivity (Wildman–Crippen MR) is 94.6 cm³/mol. The molecule has 2 saturated heterocycles. The molecule has 1 aromatic rings. The van der Waals surface area contributed by atoms with Crippen molar-refractivity contribution in [3.05, 3.63) is 35.9 Å². The van der Waals surface area contributed by atoms with E-state index in [2.05, 4.69) is 13.8 Å². The molecule has 5 heteroatoms. The van der Waals surface area contributed by atoms with Gasteiger partial charge in [-0.05, 0) is 24.3 Å². The summed E-state index contributed by atoms with van der Waals surface area (Å²) in [5.74, 6) is 0.226. The van der Waals surface area contributed by atoms with Crippen LogP contribution in [0.5, 0.6) is 0 Å². The van der Waals surface area contributed by atoms with Gasteiger partial charge in [-0.2, -0.15) is 0 Å². The van der Waals surface area contributed by atoms with Gasteiger partial charge in [0, 0.05) is 38.0 Å². The van der Waals surface area contributed by atoms with Crippen molar-refractivity contribution in [2.75, 3.05) is 26.2 Å². The fourth-order valence-electron chi connectivity index (χ4n) is 4.05. The Morgan fingerprint density at radius 2 is 1.84 bits per heavy atom. The molecule has 0 N–H and O–H groups in total. The molecule has 1 atom stereocenters. The van der Waals surface area contributed by atoms with Gasteiger partial charge in [-0.25, -0.2) is 4.39 Å². The molecule has 2 heterocycles. The standard InChI is InChI=1S/C20H27FN2O2/c1-15(2)13-23-14-20(12-17(23)24)8-10-22(11-9-20)19(25)18(21)16-6-4-3-5-7-16/h3-7,15,18H,8-14H2,1-2H3/t18-/m1/s1. The van der Waals surface area contributed by atoms with E-state index in [0.29, 0.717) is 31.0 Å². The molecule has 0 aromatic heterocycles. The van der Waals surface area contributed by atoms with E-state index >= 15 is 0 Å². The van der Waals surface area contributed by atoms with Crippen molar-refractivity contribution in [3.8, 4) is 0 Å². The summed E-state index contributed by atoms with van der Waals surface area (Å²) in [6.07, 6.45) is 0.526. The zero-order chi connectivity index (χ0) is 18.0. The zero-order valence-electron chi connectivity index (χ0n) is 15.1. The minimum absolute atomic E-state index is 0.0265. The maximum atomic E-state index is 14.5. The van der Waals surface area contributed by atoms with Crippen LogP contribution in [0, 0.1) is 11.3 Å². The van der Waals surface area contributed by atoms with Gasteiger partial charge in [-0.15, -0.1) is 0 Å². The first-order valence-corrected chi connectivity index (χ1v) is 9.16. The lowest BCUT2D eigenvalue weighted by Gasteiger charge is -2.39. The number of halogens is 1. The predicted octanol–water partition coefficient (Wildman–Crippen LogP) is 3.19. The van der Waals surface area contributed by atoms with Crippen molar-refractivity contribution in [2.45, 2.75) is 39.3 Å². The minimum atomic E-state index is -1.60. The Bertz CT molecular complexity index is 624. The van der Waals surface area contributed by atoms with E-state index in [1.165, 1.54) is 0 Å². The Labute approximate surface area is 149 Å². The van der Waals surface area contributed by atoms with Crippen molar-refractivity contribution >= 4 is 11.8 Å². The molecular formula is C20H27FN2O2. The number of hydrogen-bond donors (Lipinski definition) is 0. The Morgan fingerprint density at radius 1 is 1.20 bits per heavy atom. The highest BCUT2D eigenvalue weighted by Crippen LogP contribution is 2.41. The quantitative estimate of drug-likeness (QED) is 0.840. The first-order valence-electron chi connectivity index (χ1n) is 9.16. The molecule has 3 rings (SSSR count). The third-order valence-electron chi connectivity index (χ3n) is 5.44. The third kappa shape index (κ3) is 3.86. The Kier molecular flexibility index (Phi) is 5.11. The second-order valence-corrected chi connectivity index (χ2v) is 7.94. The van der Waals surface area contributed by atoms with Gasteiger partial charge >= 0.3 is 0 Å². The first-order chi connectivity index (χ1) is 11.9. The van der Waals surface area contributed by atoms with Crippen LogP contribution in [0.3, 0.4) is 0 Å². The Balaban J connectivity index is 1.59. The summed E-state index contributed by atoms with van der Waals surface area (Å²) < 4.78 is 14.5. The molecule has 1 spiro atoms. The minimum Gasteiger partial charge on any atom is -0.342 e. The van der Waals surface area contributed by atoms with Gasteiger partial charge in [0.05, 0.1) is 0 Å². The molecule has 2 aliphatic heterocycles. The number of alkyl halides is 1. The lowest BCUT2D eigenvalue weighted by atomic mass is 9.77. The smallest absolute Gasteiger partial charge is 0.261 e. The average molecular weight is 346 g/mol. The van der Waals surface area contributed by atoms with Gasteiger partial charge < -0.3 is 9.80 Å². The highest BCUT2D eigenvalue weighted by molar-refractivity contribution is 5.82. The topological polar surface area (TPSA) is 40.6 Å². The number of carbonyl (C=O) groups is 2. The molecular weight excluding hydrogens is 319 g/mol. The number of hydrogen-bond acceptors (Lipinski definition) is 2. The van der Waals surface area contributed by atoms with Crippen molar-refractivity contribution in [3.63, 3.8) is 0 Å². The molecule has 0 unspecified atom stereocenters. The number of piperidine rings is 1. The molecule has 4 nitrogen and oxygen atoms in total. The van der Waals surface area contributed by atoms with Crippen LogP contribution < -0.4 is 0 Å². The molecule has 2 amide bonds. The van der Waals surface area contributed by atoms with Crippen LogP contribution in [-0.4, -0.2) is 47.8 Å². The molecule has 0 radical (unpaired) electrons. The maximum Gasteiger partial charge on any atom is 0.261 e. The van der Waals surface area contributed by atoms with Crippen LogP contribution >= 0.6 is 0 Å². The van der Waals surface area contributed by atoms with Crippen LogP contribution in [0.15, 0.2) is 30.3 Å². The van der Waals surface area contributed by atoms with Crippen molar-refractivity contribution < 1.29 is 14.0 Å². The van der Waals surface area contributed by atoms with E-state index < -0.39 is 12.1 Å². The summed E-state index contributed by atoms with van der Waals surface area (Å²) in [6.45, 7) is 6.88. The fourth-order valence-corrected chi connectivity index (χ4v) is 4.05. The van der Waals surface area contributed by atoms with Crippen molar-refractivity contribution in [1.29, 1.82) is 0 Å². The van der Waals surface area contributed by atoms with E-state index in [1.807, 2.05) is 11.0 Å².